The molecule has 4 heterocycles. The number of pyridine rings is 1. The highest BCUT2D eigenvalue weighted by Crippen LogP contribution is 2.38. The van der Waals surface area contributed by atoms with Crippen LogP contribution in [0.5, 0.6) is 0 Å². The number of aromatic nitrogens is 3. The van der Waals surface area contributed by atoms with E-state index in [1.165, 1.54) is 16.7 Å². The fourth-order valence-electron chi connectivity index (χ4n) is 5.39. The summed E-state index contributed by atoms with van der Waals surface area (Å²) in [5.74, 6) is 1.03. The lowest BCUT2D eigenvalue weighted by Gasteiger charge is -2.31. The predicted octanol–water partition coefficient (Wildman–Crippen LogP) is 5.37. The molecule has 6 rings (SSSR count). The van der Waals surface area contributed by atoms with Crippen LogP contribution in [0.4, 0.5) is 0 Å². The fraction of sp³-hybridized carbons (Fsp3) is 0.370. The van der Waals surface area contributed by atoms with E-state index in [1.807, 2.05) is 0 Å². The van der Waals surface area contributed by atoms with Gasteiger partial charge in [-0.25, -0.2) is 0 Å². The Balaban J connectivity index is 1.34. The van der Waals surface area contributed by atoms with Gasteiger partial charge in [0.1, 0.15) is 0 Å². The standard InChI is InChI=1S/C27H27N5OS/c1-31-13-3-6-24(31)26-30-29-25-10-7-19-16-22(8-9-23(19)32(25)26)34-21-5-2-4-20(17-21)27(18-28)11-14-33-15-12-27/h2,4-5,7-10,16-17,24H,3,6,11-15H2,1H3/t24-/m0/s1. The van der Waals surface area contributed by atoms with Crippen LogP contribution >= 0.6 is 11.8 Å². The monoisotopic (exact) mass is 469 g/mol. The average molecular weight is 470 g/mol. The summed E-state index contributed by atoms with van der Waals surface area (Å²) in [6.07, 6.45) is 3.82. The number of hydrogen-bond donors (Lipinski definition) is 0. The lowest BCUT2D eigenvalue weighted by atomic mass is 9.75. The summed E-state index contributed by atoms with van der Waals surface area (Å²) in [7, 11) is 2.17. The Kier molecular flexibility index (Phi) is 5.53. The van der Waals surface area contributed by atoms with Crippen LogP contribution in [-0.4, -0.2) is 46.3 Å². The molecule has 6 nitrogen and oxygen atoms in total. The number of benzene rings is 2. The Morgan fingerprint density at radius 2 is 1.91 bits per heavy atom. The van der Waals surface area contributed by atoms with Crippen molar-refractivity contribution in [3.05, 3.63) is 66.0 Å². The van der Waals surface area contributed by atoms with Crippen LogP contribution in [0.25, 0.3) is 16.6 Å². The van der Waals surface area contributed by atoms with Crippen LogP contribution in [0.2, 0.25) is 0 Å². The molecule has 0 bridgehead atoms. The van der Waals surface area contributed by atoms with Gasteiger partial charge in [-0.05, 0) is 92.7 Å². The number of fused-ring (bicyclic) bond motifs is 3. The lowest BCUT2D eigenvalue weighted by molar-refractivity contribution is 0.0675. The van der Waals surface area contributed by atoms with E-state index in [9.17, 15) is 5.26 Å². The van der Waals surface area contributed by atoms with E-state index in [2.05, 4.69) is 87.2 Å². The zero-order valence-corrected chi connectivity index (χ0v) is 20.1. The molecular formula is C27H27N5OS. The van der Waals surface area contributed by atoms with Gasteiger partial charge in [-0.15, -0.1) is 10.2 Å². The Hall–Kier alpha value is -2.92. The van der Waals surface area contributed by atoms with Crippen molar-refractivity contribution in [3.8, 4) is 6.07 Å². The first kappa shape index (κ1) is 21.6. The fourth-order valence-corrected chi connectivity index (χ4v) is 6.32. The summed E-state index contributed by atoms with van der Waals surface area (Å²) in [6.45, 7) is 2.39. The van der Waals surface area contributed by atoms with Crippen LogP contribution in [0, 0.1) is 11.3 Å². The van der Waals surface area contributed by atoms with Crippen LogP contribution in [0.15, 0.2) is 64.4 Å². The first-order chi connectivity index (χ1) is 16.7. The third-order valence-electron chi connectivity index (χ3n) is 7.37. The maximum absolute atomic E-state index is 9.95. The van der Waals surface area contributed by atoms with Crippen molar-refractivity contribution in [1.82, 2.24) is 19.5 Å². The molecule has 2 fully saturated rings. The van der Waals surface area contributed by atoms with Gasteiger partial charge >= 0.3 is 0 Å². The molecule has 0 amide bonds. The number of rotatable bonds is 4. The number of ether oxygens (including phenoxy) is 1. The highest BCUT2D eigenvalue weighted by Gasteiger charge is 2.34. The van der Waals surface area contributed by atoms with E-state index in [0.717, 1.165) is 53.3 Å². The second-order valence-electron chi connectivity index (χ2n) is 9.38. The Bertz CT molecular complexity index is 1400. The van der Waals surface area contributed by atoms with E-state index in [4.69, 9.17) is 4.74 Å². The predicted molar refractivity (Wildman–Crippen MR) is 133 cm³/mol. The zero-order chi connectivity index (χ0) is 23.1. The smallest absolute Gasteiger partial charge is 0.161 e. The second-order valence-corrected chi connectivity index (χ2v) is 10.5. The molecule has 7 heteroatoms. The van der Waals surface area contributed by atoms with Crippen molar-refractivity contribution in [3.63, 3.8) is 0 Å². The molecule has 2 saturated heterocycles. The normalized spacial score (nSPS) is 20.6. The van der Waals surface area contributed by atoms with Crippen molar-refractivity contribution < 1.29 is 4.74 Å². The van der Waals surface area contributed by atoms with E-state index in [1.54, 1.807) is 11.8 Å². The molecule has 1 atom stereocenters. The van der Waals surface area contributed by atoms with Gasteiger partial charge in [0.05, 0.1) is 23.0 Å². The molecule has 0 N–H and O–H groups in total. The van der Waals surface area contributed by atoms with Gasteiger partial charge in [-0.1, -0.05) is 23.9 Å². The minimum Gasteiger partial charge on any atom is -0.381 e. The zero-order valence-electron chi connectivity index (χ0n) is 19.3. The molecule has 2 aliphatic rings. The Morgan fingerprint density at radius 3 is 2.71 bits per heavy atom. The first-order valence-electron chi connectivity index (χ1n) is 11.9. The molecule has 4 aromatic rings. The van der Waals surface area contributed by atoms with Crippen molar-refractivity contribution in [2.24, 2.45) is 0 Å². The molecule has 2 aromatic carbocycles. The summed E-state index contributed by atoms with van der Waals surface area (Å²) >= 11 is 1.74. The second kappa shape index (κ2) is 8.70. The quantitative estimate of drug-likeness (QED) is 0.400. The van der Waals surface area contributed by atoms with Crippen LogP contribution < -0.4 is 0 Å². The molecular weight excluding hydrogens is 442 g/mol. The van der Waals surface area contributed by atoms with Crippen molar-refractivity contribution in [2.75, 3.05) is 26.8 Å². The van der Waals surface area contributed by atoms with E-state index < -0.39 is 5.41 Å². The maximum atomic E-state index is 9.95. The molecule has 0 radical (unpaired) electrons. The molecule has 2 aliphatic heterocycles. The molecule has 34 heavy (non-hydrogen) atoms. The molecule has 0 unspecified atom stereocenters. The first-order valence-corrected chi connectivity index (χ1v) is 12.7. The minimum absolute atomic E-state index is 0.315. The van der Waals surface area contributed by atoms with Crippen molar-refractivity contribution in [2.45, 2.75) is 46.9 Å². The van der Waals surface area contributed by atoms with E-state index in [0.29, 0.717) is 19.3 Å². The minimum atomic E-state index is -0.442. The number of nitriles is 1. The average Bonchev–Trinajstić information content (AvgIpc) is 3.50. The van der Waals surface area contributed by atoms with E-state index >= 15 is 0 Å². The number of likely N-dealkylation sites (tertiary alicyclic amines) is 1. The van der Waals surface area contributed by atoms with Crippen molar-refractivity contribution >= 4 is 28.3 Å². The Morgan fingerprint density at radius 1 is 1.06 bits per heavy atom. The van der Waals surface area contributed by atoms with Gasteiger partial charge in [-0.3, -0.25) is 9.30 Å². The van der Waals surface area contributed by atoms with Gasteiger partial charge in [0.15, 0.2) is 11.5 Å². The molecule has 2 aromatic heterocycles. The highest BCUT2D eigenvalue weighted by atomic mass is 32.2. The molecule has 172 valence electrons. The van der Waals surface area contributed by atoms with Crippen LogP contribution in [0.3, 0.4) is 0 Å². The lowest BCUT2D eigenvalue weighted by Crippen LogP contribution is -2.32. The summed E-state index contributed by atoms with van der Waals surface area (Å²) < 4.78 is 7.74. The third-order valence-corrected chi connectivity index (χ3v) is 8.35. The van der Waals surface area contributed by atoms with Gasteiger partial charge in [0.2, 0.25) is 0 Å². The molecule has 0 aliphatic carbocycles. The third kappa shape index (κ3) is 3.67. The van der Waals surface area contributed by atoms with Gasteiger partial charge in [0, 0.05) is 23.0 Å². The van der Waals surface area contributed by atoms with Gasteiger partial charge < -0.3 is 4.74 Å². The SMILES string of the molecule is CN1CCC[C@H]1c1nnc2ccc3cc(Sc4cccc(C5(C#N)CCOCC5)c4)ccc3n12. The maximum Gasteiger partial charge on any atom is 0.161 e. The summed E-state index contributed by atoms with van der Waals surface area (Å²) in [5, 5.41) is 20.1. The number of hydrogen-bond acceptors (Lipinski definition) is 6. The summed E-state index contributed by atoms with van der Waals surface area (Å²) in [5.41, 5.74) is 2.69. The summed E-state index contributed by atoms with van der Waals surface area (Å²) in [4.78, 5) is 4.70. The molecule has 0 saturated carbocycles. The van der Waals surface area contributed by atoms with Crippen LogP contribution in [0.1, 0.15) is 43.1 Å². The largest absolute Gasteiger partial charge is 0.381 e. The topological polar surface area (TPSA) is 66.5 Å². The summed E-state index contributed by atoms with van der Waals surface area (Å²) in [6, 6.07) is 22.2. The Labute approximate surface area is 203 Å². The van der Waals surface area contributed by atoms with Crippen LogP contribution in [-0.2, 0) is 10.2 Å². The highest BCUT2D eigenvalue weighted by molar-refractivity contribution is 7.99. The number of nitrogens with zero attached hydrogens (tertiary/aromatic N) is 5. The molecule has 0 spiro atoms. The van der Waals surface area contributed by atoms with Crippen molar-refractivity contribution in [1.29, 1.82) is 5.26 Å². The van der Waals surface area contributed by atoms with Gasteiger partial charge in [0.25, 0.3) is 0 Å². The van der Waals surface area contributed by atoms with Gasteiger partial charge in [-0.2, -0.15) is 5.26 Å². The van der Waals surface area contributed by atoms with E-state index in [-0.39, 0.29) is 0 Å².